The molecule has 1 N–H and O–H groups in total. The van der Waals surface area contributed by atoms with Gasteiger partial charge in [0.2, 0.25) is 11.7 Å². The van der Waals surface area contributed by atoms with E-state index in [1.54, 1.807) is 13.1 Å². The number of fused-ring (bicyclic) bond motifs is 3. The summed E-state index contributed by atoms with van der Waals surface area (Å²) in [5.41, 5.74) is 0.759. The molecule has 0 spiro atoms. The summed E-state index contributed by atoms with van der Waals surface area (Å²) in [5, 5.41) is 13.0. The number of hydrogen-bond donors (Lipinski definition) is 1. The quantitative estimate of drug-likeness (QED) is 0.690. The van der Waals surface area contributed by atoms with Crippen molar-refractivity contribution in [3.05, 3.63) is 40.3 Å². The first-order chi connectivity index (χ1) is 11.1. The summed E-state index contributed by atoms with van der Waals surface area (Å²) in [7, 11) is 1.69. The van der Waals surface area contributed by atoms with Crippen molar-refractivity contribution >= 4 is 33.2 Å². The third-order valence-electron chi connectivity index (χ3n) is 3.65. The fourth-order valence-corrected chi connectivity index (χ4v) is 3.35. The Labute approximate surface area is 136 Å². The number of rotatable bonds is 6. The fraction of sp³-hybridized carbons (Fsp3) is 0.333. The minimum Gasteiger partial charge on any atom is -0.353 e. The van der Waals surface area contributed by atoms with Crippen LogP contribution in [0.25, 0.3) is 16.0 Å². The van der Waals surface area contributed by atoms with Gasteiger partial charge in [-0.2, -0.15) is 0 Å². The fourth-order valence-electron chi connectivity index (χ4n) is 2.50. The molecule has 1 amide bonds. The smallest absolute Gasteiger partial charge is 0.272 e. The second kappa shape index (κ2) is 6.33. The van der Waals surface area contributed by atoms with Gasteiger partial charge in [-0.05, 0) is 17.9 Å². The van der Waals surface area contributed by atoms with Crippen LogP contribution in [-0.2, 0) is 18.3 Å². The third-order valence-corrected chi connectivity index (χ3v) is 4.54. The van der Waals surface area contributed by atoms with Crippen LogP contribution >= 0.6 is 11.3 Å². The van der Waals surface area contributed by atoms with Gasteiger partial charge in [-0.1, -0.05) is 6.08 Å². The zero-order valence-corrected chi connectivity index (χ0v) is 13.6. The number of amides is 1. The standard InChI is InChI=1S/C15H17N5O2S/c1-3-8-16-12(21)6-4-5-11-17-18-15-19(2)14(22)13-10(20(11)15)7-9-23-13/h3,7,9H,1,4-6,8H2,2H3,(H,16,21). The van der Waals surface area contributed by atoms with Crippen molar-refractivity contribution in [2.45, 2.75) is 19.3 Å². The van der Waals surface area contributed by atoms with Crippen LogP contribution in [-0.4, -0.2) is 31.6 Å². The van der Waals surface area contributed by atoms with Crippen LogP contribution in [0.5, 0.6) is 0 Å². The number of hydrogen-bond acceptors (Lipinski definition) is 5. The predicted octanol–water partition coefficient (Wildman–Crippen LogP) is 1.27. The summed E-state index contributed by atoms with van der Waals surface area (Å²) < 4.78 is 4.09. The van der Waals surface area contributed by atoms with Gasteiger partial charge >= 0.3 is 0 Å². The Kier molecular flexibility index (Phi) is 4.24. The summed E-state index contributed by atoms with van der Waals surface area (Å²) >= 11 is 1.41. The van der Waals surface area contributed by atoms with Crippen molar-refractivity contribution in [3.8, 4) is 0 Å². The molecule has 120 valence electrons. The highest BCUT2D eigenvalue weighted by Crippen LogP contribution is 2.19. The van der Waals surface area contributed by atoms with Gasteiger partial charge in [-0.25, -0.2) is 0 Å². The van der Waals surface area contributed by atoms with E-state index in [4.69, 9.17) is 0 Å². The van der Waals surface area contributed by atoms with E-state index in [0.29, 0.717) is 36.3 Å². The van der Waals surface area contributed by atoms with Crippen LogP contribution in [0.15, 0.2) is 28.9 Å². The largest absolute Gasteiger partial charge is 0.353 e. The second-order valence-electron chi connectivity index (χ2n) is 5.20. The molecule has 23 heavy (non-hydrogen) atoms. The molecule has 3 aromatic rings. The molecular formula is C15H17N5O2S. The van der Waals surface area contributed by atoms with Crippen molar-refractivity contribution in [2.24, 2.45) is 7.05 Å². The Balaban J connectivity index is 1.87. The summed E-state index contributed by atoms with van der Waals surface area (Å²) in [6.45, 7) is 4.04. The summed E-state index contributed by atoms with van der Waals surface area (Å²) in [6, 6.07) is 1.90. The maximum Gasteiger partial charge on any atom is 0.272 e. The average molecular weight is 331 g/mol. The van der Waals surface area contributed by atoms with Gasteiger partial charge in [-0.15, -0.1) is 28.1 Å². The molecule has 0 aliphatic heterocycles. The van der Waals surface area contributed by atoms with E-state index in [1.165, 1.54) is 15.9 Å². The molecule has 8 heteroatoms. The zero-order valence-electron chi connectivity index (χ0n) is 12.8. The van der Waals surface area contributed by atoms with E-state index in [2.05, 4.69) is 22.1 Å². The first kappa shape index (κ1) is 15.4. The molecule has 0 radical (unpaired) electrons. The number of aromatic nitrogens is 4. The average Bonchev–Trinajstić information content (AvgIpc) is 3.17. The van der Waals surface area contributed by atoms with Crippen molar-refractivity contribution in [1.82, 2.24) is 24.5 Å². The van der Waals surface area contributed by atoms with E-state index in [9.17, 15) is 9.59 Å². The number of thiophene rings is 1. The predicted molar refractivity (Wildman–Crippen MR) is 89.8 cm³/mol. The molecule has 7 nitrogen and oxygen atoms in total. The summed E-state index contributed by atoms with van der Waals surface area (Å²) in [6.07, 6.45) is 3.35. The first-order valence-corrected chi connectivity index (χ1v) is 8.19. The first-order valence-electron chi connectivity index (χ1n) is 7.31. The lowest BCUT2D eigenvalue weighted by atomic mass is 10.2. The van der Waals surface area contributed by atoms with E-state index < -0.39 is 0 Å². The molecule has 0 fully saturated rings. The molecule has 3 aromatic heterocycles. The van der Waals surface area contributed by atoms with E-state index in [0.717, 1.165) is 11.3 Å². The number of aryl methyl sites for hydroxylation is 2. The van der Waals surface area contributed by atoms with Gasteiger partial charge in [0.1, 0.15) is 10.5 Å². The van der Waals surface area contributed by atoms with E-state index >= 15 is 0 Å². The van der Waals surface area contributed by atoms with E-state index in [1.807, 2.05) is 15.8 Å². The summed E-state index contributed by atoms with van der Waals surface area (Å²) in [4.78, 5) is 23.9. The van der Waals surface area contributed by atoms with Gasteiger partial charge in [0.15, 0.2) is 0 Å². The highest BCUT2D eigenvalue weighted by Gasteiger charge is 2.15. The minimum atomic E-state index is -0.0646. The van der Waals surface area contributed by atoms with Gasteiger partial charge in [-0.3, -0.25) is 18.6 Å². The third kappa shape index (κ3) is 2.77. The molecule has 0 bridgehead atoms. The van der Waals surface area contributed by atoms with Crippen molar-refractivity contribution in [1.29, 1.82) is 0 Å². The summed E-state index contributed by atoms with van der Waals surface area (Å²) in [5.74, 6) is 1.27. The number of nitrogens with zero attached hydrogens (tertiary/aromatic N) is 4. The molecule has 0 saturated heterocycles. The van der Waals surface area contributed by atoms with Crippen LogP contribution in [0, 0.1) is 0 Å². The minimum absolute atomic E-state index is 0.00759. The molecular weight excluding hydrogens is 314 g/mol. The maximum atomic E-state index is 12.2. The molecule has 0 saturated carbocycles. The molecule has 3 rings (SSSR count). The SMILES string of the molecule is C=CCNC(=O)CCCc1nnc2n(C)c(=O)c3sccc3n12. The van der Waals surface area contributed by atoms with Crippen LogP contribution < -0.4 is 10.9 Å². The molecule has 0 unspecified atom stereocenters. The highest BCUT2D eigenvalue weighted by molar-refractivity contribution is 7.17. The highest BCUT2D eigenvalue weighted by atomic mass is 32.1. The molecule has 0 atom stereocenters. The van der Waals surface area contributed by atoms with Crippen molar-refractivity contribution in [2.75, 3.05) is 6.54 Å². The second-order valence-corrected chi connectivity index (χ2v) is 6.11. The van der Waals surface area contributed by atoms with Gasteiger partial charge in [0.05, 0.1) is 5.52 Å². The lowest BCUT2D eigenvalue weighted by molar-refractivity contribution is -0.120. The Morgan fingerprint density at radius 1 is 1.48 bits per heavy atom. The Morgan fingerprint density at radius 2 is 2.30 bits per heavy atom. The van der Waals surface area contributed by atoms with E-state index in [-0.39, 0.29) is 11.5 Å². The molecule has 0 aliphatic rings. The lowest BCUT2D eigenvalue weighted by Gasteiger charge is -2.05. The Morgan fingerprint density at radius 3 is 3.09 bits per heavy atom. The van der Waals surface area contributed by atoms with Crippen molar-refractivity contribution < 1.29 is 4.79 Å². The Bertz CT molecular complexity index is 937. The normalized spacial score (nSPS) is 11.2. The van der Waals surface area contributed by atoms with Crippen LogP contribution in [0.1, 0.15) is 18.7 Å². The molecule has 3 heterocycles. The Hall–Kier alpha value is -2.48. The number of nitrogens with one attached hydrogen (secondary N) is 1. The van der Waals surface area contributed by atoms with Gasteiger partial charge in [0, 0.05) is 26.4 Å². The maximum absolute atomic E-state index is 12.2. The van der Waals surface area contributed by atoms with Crippen LogP contribution in [0.4, 0.5) is 0 Å². The van der Waals surface area contributed by atoms with Gasteiger partial charge in [0.25, 0.3) is 5.56 Å². The van der Waals surface area contributed by atoms with Gasteiger partial charge < -0.3 is 5.32 Å². The monoisotopic (exact) mass is 331 g/mol. The molecule has 0 aliphatic carbocycles. The number of carbonyl (C=O) groups is 1. The molecule has 0 aromatic carbocycles. The topological polar surface area (TPSA) is 81.3 Å². The van der Waals surface area contributed by atoms with Crippen molar-refractivity contribution in [3.63, 3.8) is 0 Å². The lowest BCUT2D eigenvalue weighted by Crippen LogP contribution is -2.23. The van der Waals surface area contributed by atoms with Crippen LogP contribution in [0.3, 0.4) is 0 Å². The van der Waals surface area contributed by atoms with Crippen LogP contribution in [0.2, 0.25) is 0 Å². The zero-order chi connectivity index (χ0) is 16.4. The number of carbonyl (C=O) groups excluding carboxylic acids is 1.